The van der Waals surface area contributed by atoms with Crippen LogP contribution in [-0.4, -0.2) is 24.9 Å². The van der Waals surface area contributed by atoms with E-state index >= 15 is 0 Å². The molecule has 0 saturated carbocycles. The van der Waals surface area contributed by atoms with Gasteiger partial charge in [0.05, 0.1) is 26.0 Å². The maximum Gasteiger partial charge on any atom is 0.213 e. The van der Waals surface area contributed by atoms with Gasteiger partial charge in [0.25, 0.3) is 0 Å². The minimum atomic E-state index is -0.356. The lowest BCUT2D eigenvalue weighted by Gasteiger charge is -2.38. The summed E-state index contributed by atoms with van der Waals surface area (Å²) < 4.78 is 17.1. The molecule has 2 atom stereocenters. The molecule has 30 heavy (non-hydrogen) atoms. The minimum Gasteiger partial charge on any atom is -0.497 e. The number of halogens is 1. The summed E-state index contributed by atoms with van der Waals surface area (Å²) in [5.41, 5.74) is 4.11. The minimum absolute atomic E-state index is 0.0462. The van der Waals surface area contributed by atoms with Gasteiger partial charge in [-0.25, -0.2) is 5.01 Å². The van der Waals surface area contributed by atoms with E-state index in [4.69, 9.17) is 30.9 Å². The van der Waals surface area contributed by atoms with E-state index in [0.717, 1.165) is 46.1 Å². The zero-order chi connectivity index (χ0) is 20.7. The van der Waals surface area contributed by atoms with Crippen LogP contribution in [0.2, 0.25) is 5.02 Å². The second-order valence-corrected chi connectivity index (χ2v) is 7.74. The summed E-state index contributed by atoms with van der Waals surface area (Å²) in [4.78, 5) is 0. The van der Waals surface area contributed by atoms with Gasteiger partial charge >= 0.3 is 0 Å². The summed E-state index contributed by atoms with van der Waals surface area (Å²) in [6, 6.07) is 21.7. The molecule has 2 aliphatic heterocycles. The monoisotopic (exact) mass is 420 g/mol. The smallest absolute Gasteiger partial charge is 0.213 e. The lowest BCUT2D eigenvalue weighted by molar-refractivity contribution is -0.0191. The number of methoxy groups -OCH3 is 2. The molecule has 0 radical (unpaired) electrons. The van der Waals surface area contributed by atoms with Gasteiger partial charge in [0.15, 0.2) is 0 Å². The average molecular weight is 421 g/mol. The first-order chi connectivity index (χ1) is 14.7. The Morgan fingerprint density at radius 3 is 2.47 bits per heavy atom. The van der Waals surface area contributed by atoms with Crippen molar-refractivity contribution in [1.29, 1.82) is 0 Å². The standard InChI is InChI=1S/C24H21ClN2O3/c1-28-18-8-6-15(7-9-18)21-14-22-20-13-19(29-2)10-11-23(20)30-24(27(22)26-21)16-4-3-5-17(25)12-16/h3-13,22,24H,14H2,1-2H3/t22-,24-/m0/s1. The van der Waals surface area contributed by atoms with E-state index in [1.807, 2.05) is 71.7 Å². The van der Waals surface area contributed by atoms with Crippen molar-refractivity contribution < 1.29 is 14.2 Å². The van der Waals surface area contributed by atoms with Crippen LogP contribution in [0.1, 0.15) is 35.4 Å². The van der Waals surface area contributed by atoms with Gasteiger partial charge in [-0.3, -0.25) is 0 Å². The van der Waals surface area contributed by atoms with E-state index in [0.29, 0.717) is 5.02 Å². The summed E-state index contributed by atoms with van der Waals surface area (Å²) in [7, 11) is 3.34. The zero-order valence-electron chi connectivity index (χ0n) is 16.7. The van der Waals surface area contributed by atoms with Crippen LogP contribution in [0.15, 0.2) is 71.8 Å². The Bertz CT molecular complexity index is 1110. The Hall–Kier alpha value is -3.18. The van der Waals surface area contributed by atoms with Crippen LogP contribution in [0, 0.1) is 0 Å². The van der Waals surface area contributed by atoms with Crippen LogP contribution in [0.3, 0.4) is 0 Å². The molecule has 0 aliphatic carbocycles. The van der Waals surface area contributed by atoms with Crippen LogP contribution in [-0.2, 0) is 0 Å². The molecule has 6 heteroatoms. The fraction of sp³-hybridized carbons (Fsp3) is 0.208. The van der Waals surface area contributed by atoms with Crippen molar-refractivity contribution in [3.8, 4) is 17.2 Å². The Balaban J connectivity index is 1.58. The number of hydrogen-bond donors (Lipinski definition) is 0. The third-order valence-corrected chi connectivity index (χ3v) is 5.79. The average Bonchev–Trinajstić information content (AvgIpc) is 3.24. The van der Waals surface area contributed by atoms with E-state index in [1.165, 1.54) is 0 Å². The molecule has 0 saturated heterocycles. The van der Waals surface area contributed by atoms with Crippen molar-refractivity contribution in [2.45, 2.75) is 18.7 Å². The molecule has 5 rings (SSSR count). The summed E-state index contributed by atoms with van der Waals surface area (Å²) in [5, 5.41) is 7.69. The molecule has 0 fully saturated rings. The zero-order valence-corrected chi connectivity index (χ0v) is 17.5. The number of hydrogen-bond acceptors (Lipinski definition) is 5. The molecule has 3 aromatic carbocycles. The first kappa shape index (κ1) is 18.8. The molecule has 2 aliphatic rings. The van der Waals surface area contributed by atoms with E-state index in [-0.39, 0.29) is 12.3 Å². The van der Waals surface area contributed by atoms with Gasteiger partial charge in [0.1, 0.15) is 17.2 Å². The Morgan fingerprint density at radius 1 is 0.967 bits per heavy atom. The van der Waals surface area contributed by atoms with Crippen LogP contribution < -0.4 is 14.2 Å². The third kappa shape index (κ3) is 3.25. The lowest BCUT2D eigenvalue weighted by Crippen LogP contribution is -2.33. The maximum absolute atomic E-state index is 6.39. The van der Waals surface area contributed by atoms with Crippen LogP contribution in [0.25, 0.3) is 0 Å². The number of nitrogens with zero attached hydrogens (tertiary/aromatic N) is 2. The van der Waals surface area contributed by atoms with Gasteiger partial charge in [-0.05, 0) is 60.2 Å². The lowest BCUT2D eigenvalue weighted by atomic mass is 9.95. The molecule has 0 amide bonds. The highest BCUT2D eigenvalue weighted by atomic mass is 35.5. The molecule has 5 nitrogen and oxygen atoms in total. The van der Waals surface area contributed by atoms with Gasteiger partial charge in [-0.15, -0.1) is 0 Å². The van der Waals surface area contributed by atoms with Gasteiger partial charge in [-0.1, -0.05) is 23.7 Å². The predicted octanol–water partition coefficient (Wildman–Crippen LogP) is 5.60. The van der Waals surface area contributed by atoms with E-state index in [2.05, 4.69) is 0 Å². The number of fused-ring (bicyclic) bond motifs is 3. The number of hydrazone groups is 1. The highest BCUT2D eigenvalue weighted by Gasteiger charge is 2.41. The van der Waals surface area contributed by atoms with Gasteiger partial charge < -0.3 is 14.2 Å². The molecule has 0 unspecified atom stereocenters. The molecule has 0 bridgehead atoms. The fourth-order valence-corrected chi connectivity index (χ4v) is 4.23. The van der Waals surface area contributed by atoms with Crippen LogP contribution in [0.4, 0.5) is 0 Å². The maximum atomic E-state index is 6.39. The SMILES string of the molecule is COc1ccc(C2=NN3[C@@H](C2)c2cc(OC)ccc2O[C@H]3c2cccc(Cl)c2)cc1. The molecular formula is C24H21ClN2O3. The van der Waals surface area contributed by atoms with Crippen molar-refractivity contribution >= 4 is 17.3 Å². The number of benzene rings is 3. The molecule has 0 spiro atoms. The Morgan fingerprint density at radius 2 is 1.73 bits per heavy atom. The number of rotatable bonds is 4. The van der Waals surface area contributed by atoms with Crippen molar-refractivity contribution in [3.63, 3.8) is 0 Å². The Kier molecular flexibility index (Phi) is 4.75. The Labute approximate surface area is 180 Å². The predicted molar refractivity (Wildman–Crippen MR) is 117 cm³/mol. The molecular weight excluding hydrogens is 400 g/mol. The normalized spacial score (nSPS) is 19.4. The third-order valence-electron chi connectivity index (χ3n) is 5.55. The van der Waals surface area contributed by atoms with E-state index in [9.17, 15) is 0 Å². The van der Waals surface area contributed by atoms with Crippen molar-refractivity contribution in [3.05, 3.63) is 88.4 Å². The van der Waals surface area contributed by atoms with Crippen molar-refractivity contribution in [1.82, 2.24) is 5.01 Å². The molecule has 2 heterocycles. The molecule has 0 N–H and O–H groups in total. The summed E-state index contributed by atoms with van der Waals surface area (Å²) in [6.45, 7) is 0. The second-order valence-electron chi connectivity index (χ2n) is 7.30. The van der Waals surface area contributed by atoms with Gasteiger partial charge in [0, 0.05) is 22.6 Å². The quantitative estimate of drug-likeness (QED) is 0.551. The topological polar surface area (TPSA) is 43.3 Å². The van der Waals surface area contributed by atoms with Crippen LogP contribution >= 0.6 is 11.6 Å². The first-order valence-corrected chi connectivity index (χ1v) is 10.1. The summed E-state index contributed by atoms with van der Waals surface area (Å²) in [5.74, 6) is 2.47. The highest BCUT2D eigenvalue weighted by molar-refractivity contribution is 6.30. The largest absolute Gasteiger partial charge is 0.497 e. The fourth-order valence-electron chi connectivity index (χ4n) is 4.03. The van der Waals surface area contributed by atoms with Gasteiger partial charge in [0.2, 0.25) is 6.23 Å². The van der Waals surface area contributed by atoms with E-state index in [1.54, 1.807) is 14.2 Å². The number of ether oxygens (including phenoxy) is 3. The van der Waals surface area contributed by atoms with Crippen molar-refractivity contribution in [2.75, 3.05) is 14.2 Å². The van der Waals surface area contributed by atoms with E-state index < -0.39 is 0 Å². The summed E-state index contributed by atoms with van der Waals surface area (Å²) >= 11 is 6.26. The first-order valence-electron chi connectivity index (χ1n) is 9.76. The molecule has 3 aromatic rings. The molecule has 152 valence electrons. The second kappa shape index (κ2) is 7.58. The summed E-state index contributed by atoms with van der Waals surface area (Å²) in [6.07, 6.45) is 0.415. The van der Waals surface area contributed by atoms with Gasteiger partial charge in [-0.2, -0.15) is 5.10 Å². The highest BCUT2D eigenvalue weighted by Crippen LogP contribution is 2.48. The van der Waals surface area contributed by atoms with Crippen LogP contribution in [0.5, 0.6) is 17.2 Å². The van der Waals surface area contributed by atoms with Crippen molar-refractivity contribution in [2.24, 2.45) is 5.10 Å². The molecule has 0 aromatic heterocycles.